The van der Waals surface area contributed by atoms with Crippen LogP contribution in [0.5, 0.6) is 5.75 Å². The molecule has 1 atom stereocenters. The van der Waals surface area contributed by atoms with Gasteiger partial charge in [0.2, 0.25) is 0 Å². The van der Waals surface area contributed by atoms with Gasteiger partial charge in [0.05, 0.1) is 16.7 Å². The molecule has 0 bridgehead atoms. The maximum absolute atomic E-state index is 12.8. The number of amides is 3. The summed E-state index contributed by atoms with van der Waals surface area (Å²) in [6, 6.07) is 10.1. The number of alkyl halides is 2. The number of carbonyl (C=O) groups is 2. The number of nitro groups is 1. The number of hydrazone groups is 1. The van der Waals surface area contributed by atoms with E-state index < -0.39 is 29.0 Å². The van der Waals surface area contributed by atoms with Crippen LogP contribution in [0, 0.1) is 10.1 Å². The molecule has 1 aliphatic heterocycles. The first-order valence-corrected chi connectivity index (χ1v) is 8.22. The van der Waals surface area contributed by atoms with Gasteiger partial charge < -0.3 is 10.1 Å². The number of nitrogens with one attached hydrogen (secondary N) is 1. The first-order chi connectivity index (χ1) is 13.7. The number of nitrogens with zero attached hydrogens (tertiary/aromatic N) is 3. The Balaban J connectivity index is 1.85. The van der Waals surface area contributed by atoms with E-state index in [2.05, 4.69) is 15.2 Å². The second kappa shape index (κ2) is 7.62. The topological polar surface area (TPSA) is 114 Å². The summed E-state index contributed by atoms with van der Waals surface area (Å²) < 4.78 is 28.8. The van der Waals surface area contributed by atoms with E-state index >= 15 is 0 Å². The number of halogens is 2. The zero-order valence-corrected chi connectivity index (χ0v) is 14.9. The molecule has 0 saturated carbocycles. The number of nitro benzene ring substituents is 1. The summed E-state index contributed by atoms with van der Waals surface area (Å²) >= 11 is 0. The summed E-state index contributed by atoms with van der Waals surface area (Å²) in [5, 5.41) is 17.9. The van der Waals surface area contributed by atoms with Gasteiger partial charge in [0, 0.05) is 6.07 Å². The first-order valence-electron chi connectivity index (χ1n) is 8.22. The van der Waals surface area contributed by atoms with Crippen LogP contribution in [0.2, 0.25) is 0 Å². The number of ether oxygens (including phenoxy) is 1. The van der Waals surface area contributed by atoms with Crippen molar-refractivity contribution >= 4 is 23.8 Å². The van der Waals surface area contributed by atoms with Gasteiger partial charge in [0.25, 0.3) is 11.6 Å². The van der Waals surface area contributed by atoms with E-state index in [1.165, 1.54) is 49.4 Å². The van der Waals surface area contributed by atoms with Crippen molar-refractivity contribution in [1.29, 1.82) is 0 Å². The maximum Gasteiger partial charge on any atom is 0.387 e. The van der Waals surface area contributed by atoms with Crippen molar-refractivity contribution in [3.63, 3.8) is 0 Å². The van der Waals surface area contributed by atoms with Gasteiger partial charge >= 0.3 is 12.6 Å². The Kier molecular flexibility index (Phi) is 5.22. The standard InChI is InChI=1S/C18H14F2N4O5/c1-18(12-6-8-13(9-7-12)29-16(19)20)15(25)23(17(26)22-18)21-10-11-4-2-3-5-14(11)24(27)28/h2-10,16H,1H3,(H,22,26)/b21-10+. The average molecular weight is 404 g/mol. The van der Waals surface area contributed by atoms with Gasteiger partial charge in [-0.15, -0.1) is 5.01 Å². The van der Waals surface area contributed by atoms with Gasteiger partial charge in [0.1, 0.15) is 11.3 Å². The van der Waals surface area contributed by atoms with Crippen LogP contribution in [0.25, 0.3) is 0 Å². The van der Waals surface area contributed by atoms with E-state index in [-0.39, 0.29) is 17.0 Å². The molecule has 0 radical (unpaired) electrons. The summed E-state index contributed by atoms with van der Waals surface area (Å²) in [4.78, 5) is 35.5. The molecule has 0 spiro atoms. The smallest absolute Gasteiger partial charge is 0.387 e. The first kappa shape index (κ1) is 19.9. The molecule has 3 amide bonds. The minimum Gasteiger partial charge on any atom is -0.435 e. The van der Waals surface area contributed by atoms with Gasteiger partial charge in [-0.25, -0.2) is 4.79 Å². The van der Waals surface area contributed by atoms with Crippen LogP contribution in [-0.2, 0) is 10.3 Å². The monoisotopic (exact) mass is 404 g/mol. The van der Waals surface area contributed by atoms with Gasteiger partial charge in [-0.05, 0) is 30.7 Å². The second-order valence-corrected chi connectivity index (χ2v) is 6.14. The van der Waals surface area contributed by atoms with Crippen LogP contribution < -0.4 is 10.1 Å². The van der Waals surface area contributed by atoms with Gasteiger partial charge in [-0.3, -0.25) is 14.9 Å². The summed E-state index contributed by atoms with van der Waals surface area (Å²) in [5.41, 5.74) is -1.30. The van der Waals surface area contributed by atoms with Crippen molar-refractivity contribution < 1.29 is 28.0 Å². The number of hydrogen-bond donors (Lipinski definition) is 1. The average Bonchev–Trinajstić information content (AvgIpc) is 2.89. The number of rotatable bonds is 6. The largest absolute Gasteiger partial charge is 0.435 e. The molecule has 1 heterocycles. The number of benzene rings is 2. The summed E-state index contributed by atoms with van der Waals surface area (Å²) in [6.07, 6.45) is 1.04. The van der Waals surface area contributed by atoms with Crippen LogP contribution >= 0.6 is 0 Å². The molecule has 3 rings (SSSR count). The second-order valence-electron chi connectivity index (χ2n) is 6.14. The fourth-order valence-corrected chi connectivity index (χ4v) is 2.78. The van der Waals surface area contributed by atoms with Crippen molar-refractivity contribution in [2.75, 3.05) is 0 Å². The van der Waals surface area contributed by atoms with Crippen LogP contribution in [0.1, 0.15) is 18.1 Å². The Labute approximate surface area is 162 Å². The lowest BCUT2D eigenvalue weighted by Crippen LogP contribution is -2.40. The van der Waals surface area contributed by atoms with Crippen LogP contribution in [0.15, 0.2) is 53.6 Å². The number of hydrogen-bond acceptors (Lipinski definition) is 6. The predicted octanol–water partition coefficient (Wildman–Crippen LogP) is 3.00. The Morgan fingerprint density at radius 1 is 1.21 bits per heavy atom. The highest BCUT2D eigenvalue weighted by Crippen LogP contribution is 2.30. The highest BCUT2D eigenvalue weighted by molar-refractivity contribution is 6.07. The maximum atomic E-state index is 12.8. The molecule has 0 aliphatic carbocycles. The van der Waals surface area contributed by atoms with E-state index in [0.717, 1.165) is 6.21 Å². The lowest BCUT2D eigenvalue weighted by molar-refractivity contribution is -0.385. The van der Waals surface area contributed by atoms with E-state index in [1.807, 2.05) is 0 Å². The molecule has 2 aromatic rings. The van der Waals surface area contributed by atoms with E-state index in [4.69, 9.17) is 0 Å². The van der Waals surface area contributed by atoms with Crippen LogP contribution in [0.3, 0.4) is 0 Å². The molecule has 0 aromatic heterocycles. The minimum absolute atomic E-state index is 0.101. The molecular formula is C18H14F2N4O5. The minimum atomic E-state index is -2.99. The Morgan fingerprint density at radius 3 is 2.48 bits per heavy atom. The molecule has 1 saturated heterocycles. The third-order valence-electron chi connectivity index (χ3n) is 4.27. The fraction of sp³-hybridized carbons (Fsp3) is 0.167. The van der Waals surface area contributed by atoms with Crippen molar-refractivity contribution in [1.82, 2.24) is 10.3 Å². The number of urea groups is 1. The molecule has 1 unspecified atom stereocenters. The van der Waals surface area contributed by atoms with Gasteiger partial charge in [-0.1, -0.05) is 24.3 Å². The SMILES string of the molecule is CC1(c2ccc(OC(F)F)cc2)NC(=O)N(/N=C/c2ccccc2[N+](=O)[O-])C1=O. The Bertz CT molecular complexity index is 996. The van der Waals surface area contributed by atoms with E-state index in [1.54, 1.807) is 6.07 Å². The fourth-order valence-electron chi connectivity index (χ4n) is 2.78. The molecule has 9 nitrogen and oxygen atoms in total. The third-order valence-corrected chi connectivity index (χ3v) is 4.27. The van der Waals surface area contributed by atoms with Crippen LogP contribution in [-0.4, -0.2) is 34.7 Å². The molecule has 1 fully saturated rings. The van der Waals surface area contributed by atoms with Gasteiger partial charge in [0.15, 0.2) is 0 Å². The number of carbonyl (C=O) groups excluding carboxylic acids is 2. The predicted molar refractivity (Wildman–Crippen MR) is 96.5 cm³/mol. The van der Waals surface area contributed by atoms with Crippen molar-refractivity contribution in [2.24, 2.45) is 5.10 Å². The number of imide groups is 1. The van der Waals surface area contributed by atoms with E-state index in [9.17, 15) is 28.5 Å². The zero-order valence-electron chi connectivity index (χ0n) is 14.9. The van der Waals surface area contributed by atoms with Crippen molar-refractivity contribution in [2.45, 2.75) is 19.1 Å². The highest BCUT2D eigenvalue weighted by atomic mass is 19.3. The molecule has 1 N–H and O–H groups in total. The zero-order chi connectivity index (χ0) is 21.2. The van der Waals surface area contributed by atoms with E-state index in [0.29, 0.717) is 10.6 Å². The molecule has 150 valence electrons. The quantitative estimate of drug-likeness (QED) is 0.344. The molecule has 29 heavy (non-hydrogen) atoms. The summed E-state index contributed by atoms with van der Waals surface area (Å²) in [6.45, 7) is -1.56. The van der Waals surface area contributed by atoms with Crippen LogP contribution in [0.4, 0.5) is 19.3 Å². The Morgan fingerprint density at radius 2 is 1.86 bits per heavy atom. The van der Waals surface area contributed by atoms with Gasteiger partial charge in [-0.2, -0.15) is 13.9 Å². The molecule has 2 aromatic carbocycles. The number of para-hydroxylation sites is 1. The molecular weight excluding hydrogens is 390 g/mol. The third kappa shape index (κ3) is 3.88. The normalized spacial score (nSPS) is 19.1. The summed E-state index contributed by atoms with van der Waals surface area (Å²) in [5.74, 6) is -0.838. The highest BCUT2D eigenvalue weighted by Gasteiger charge is 2.49. The molecule has 11 heteroatoms. The Hall–Kier alpha value is -3.89. The van der Waals surface area contributed by atoms with Crippen molar-refractivity contribution in [3.8, 4) is 5.75 Å². The molecule has 1 aliphatic rings. The lowest BCUT2D eigenvalue weighted by atomic mass is 9.92. The van der Waals surface area contributed by atoms with Crippen molar-refractivity contribution in [3.05, 3.63) is 69.8 Å². The summed E-state index contributed by atoms with van der Waals surface area (Å²) in [7, 11) is 0. The lowest BCUT2D eigenvalue weighted by Gasteiger charge is -2.21.